The largest absolute Gasteiger partial charge is 0.377 e. The summed E-state index contributed by atoms with van der Waals surface area (Å²) in [4.78, 5) is 10.5. The van der Waals surface area contributed by atoms with Crippen LogP contribution in [0.15, 0.2) is 10.6 Å². The van der Waals surface area contributed by atoms with E-state index < -0.39 is 5.91 Å². The second-order valence-electron chi connectivity index (χ2n) is 1.98. The van der Waals surface area contributed by atoms with E-state index in [4.69, 9.17) is 15.0 Å². The molecule has 0 saturated carbocycles. The predicted molar refractivity (Wildman–Crippen MR) is 35.7 cm³/mol. The molecule has 0 saturated heterocycles. The molecule has 0 spiro atoms. The fraction of sp³-hybridized carbons (Fsp3) is 0.333. The lowest BCUT2D eigenvalue weighted by atomic mass is 10.3. The third kappa shape index (κ3) is 1.78. The number of primary amides is 1. The van der Waals surface area contributed by atoms with Gasteiger partial charge in [-0.15, -0.1) is 0 Å². The molecule has 2 N–H and O–H groups in total. The van der Waals surface area contributed by atoms with Gasteiger partial charge in [-0.1, -0.05) is 5.16 Å². The van der Waals surface area contributed by atoms with Gasteiger partial charge in [0.15, 0.2) is 11.5 Å². The van der Waals surface area contributed by atoms with E-state index in [0.29, 0.717) is 12.4 Å². The van der Waals surface area contributed by atoms with Gasteiger partial charge in [-0.2, -0.15) is 0 Å². The second-order valence-corrected chi connectivity index (χ2v) is 1.98. The Bertz CT molecular complexity index is 256. The number of ether oxygens (including phenoxy) is 1. The van der Waals surface area contributed by atoms with Crippen LogP contribution >= 0.6 is 0 Å². The summed E-state index contributed by atoms with van der Waals surface area (Å²) in [6.07, 6.45) is 0. The van der Waals surface area contributed by atoms with Crippen LogP contribution in [0.25, 0.3) is 0 Å². The lowest BCUT2D eigenvalue weighted by Crippen LogP contribution is -2.10. The maximum atomic E-state index is 10.5. The highest BCUT2D eigenvalue weighted by Gasteiger charge is 2.07. The Hall–Kier alpha value is -1.36. The molecular formula is C6H8N2O3. The number of carbonyl (C=O) groups excluding carboxylic acids is 1. The first-order valence-corrected chi connectivity index (χ1v) is 2.98. The van der Waals surface area contributed by atoms with Crippen LogP contribution in [0.4, 0.5) is 0 Å². The summed E-state index contributed by atoms with van der Waals surface area (Å²) in [6, 6.07) is 1.45. The molecule has 1 aromatic rings. The maximum absolute atomic E-state index is 10.5. The molecule has 0 fully saturated rings. The van der Waals surface area contributed by atoms with Crippen molar-refractivity contribution in [3.05, 3.63) is 17.5 Å². The fourth-order valence-electron chi connectivity index (χ4n) is 0.639. The van der Waals surface area contributed by atoms with E-state index in [-0.39, 0.29) is 5.69 Å². The lowest BCUT2D eigenvalue weighted by Gasteiger charge is -1.87. The Morgan fingerprint density at radius 2 is 2.64 bits per heavy atom. The zero-order valence-corrected chi connectivity index (χ0v) is 6.03. The quantitative estimate of drug-likeness (QED) is 0.663. The Kier molecular flexibility index (Phi) is 2.22. The summed E-state index contributed by atoms with van der Waals surface area (Å²) in [5.74, 6) is -0.114. The summed E-state index contributed by atoms with van der Waals surface area (Å²) in [5.41, 5.74) is 5.04. The minimum atomic E-state index is -0.601. The Labute approximate surface area is 63.1 Å². The van der Waals surface area contributed by atoms with Crippen molar-refractivity contribution < 1.29 is 14.1 Å². The van der Waals surface area contributed by atoms with Crippen molar-refractivity contribution in [1.82, 2.24) is 5.16 Å². The van der Waals surface area contributed by atoms with Crippen LogP contribution in [0.3, 0.4) is 0 Å². The molecule has 0 aliphatic carbocycles. The Morgan fingerprint density at radius 1 is 1.91 bits per heavy atom. The maximum Gasteiger partial charge on any atom is 0.270 e. The number of methoxy groups -OCH3 is 1. The van der Waals surface area contributed by atoms with Gasteiger partial charge < -0.3 is 15.0 Å². The first-order chi connectivity index (χ1) is 5.24. The zero-order valence-electron chi connectivity index (χ0n) is 6.03. The van der Waals surface area contributed by atoms with Crippen LogP contribution in [0.2, 0.25) is 0 Å². The molecule has 1 aromatic heterocycles. The van der Waals surface area contributed by atoms with E-state index in [1.54, 1.807) is 0 Å². The van der Waals surface area contributed by atoms with Crippen molar-refractivity contribution in [2.45, 2.75) is 6.61 Å². The highest BCUT2D eigenvalue weighted by atomic mass is 16.5. The van der Waals surface area contributed by atoms with Crippen molar-refractivity contribution in [3.8, 4) is 0 Å². The average Bonchev–Trinajstić information content (AvgIpc) is 2.37. The number of hydrogen-bond donors (Lipinski definition) is 1. The summed E-state index contributed by atoms with van der Waals surface area (Å²) >= 11 is 0. The van der Waals surface area contributed by atoms with Crippen LogP contribution in [0, 0.1) is 0 Å². The minimum Gasteiger partial charge on any atom is -0.377 e. The molecule has 1 amide bonds. The van der Waals surface area contributed by atoms with E-state index in [9.17, 15) is 4.79 Å². The highest BCUT2D eigenvalue weighted by molar-refractivity contribution is 5.90. The van der Waals surface area contributed by atoms with Gasteiger partial charge >= 0.3 is 0 Å². The van der Waals surface area contributed by atoms with Crippen LogP contribution < -0.4 is 5.73 Å². The van der Waals surface area contributed by atoms with Crippen LogP contribution in [0.1, 0.15) is 16.2 Å². The predicted octanol–water partition coefficient (Wildman–Crippen LogP) is -0.0801. The van der Waals surface area contributed by atoms with Crippen molar-refractivity contribution >= 4 is 5.91 Å². The van der Waals surface area contributed by atoms with Gasteiger partial charge in [0.1, 0.15) is 6.61 Å². The molecule has 1 rings (SSSR count). The number of carbonyl (C=O) groups is 1. The molecule has 60 valence electrons. The molecule has 11 heavy (non-hydrogen) atoms. The standard InChI is InChI=1S/C6H8N2O3/c1-10-3-4-2-5(6(7)9)8-11-4/h2H,3H2,1H3,(H2,7,9). The first kappa shape index (κ1) is 7.74. The molecule has 0 radical (unpaired) electrons. The number of nitrogens with zero attached hydrogens (tertiary/aromatic N) is 1. The zero-order chi connectivity index (χ0) is 8.27. The molecule has 5 heteroatoms. The summed E-state index contributed by atoms with van der Waals surface area (Å²) in [6.45, 7) is 0.292. The molecule has 0 atom stereocenters. The molecule has 5 nitrogen and oxygen atoms in total. The fourth-order valence-corrected chi connectivity index (χ4v) is 0.639. The molecule has 0 bridgehead atoms. The van der Waals surface area contributed by atoms with E-state index >= 15 is 0 Å². The van der Waals surface area contributed by atoms with Crippen molar-refractivity contribution in [3.63, 3.8) is 0 Å². The number of rotatable bonds is 3. The second kappa shape index (κ2) is 3.16. The third-order valence-electron chi connectivity index (χ3n) is 1.10. The van der Waals surface area contributed by atoms with E-state index in [0.717, 1.165) is 0 Å². The van der Waals surface area contributed by atoms with Crippen molar-refractivity contribution in [2.24, 2.45) is 5.73 Å². The smallest absolute Gasteiger partial charge is 0.270 e. The Morgan fingerprint density at radius 3 is 3.09 bits per heavy atom. The van der Waals surface area contributed by atoms with Gasteiger partial charge in [-0.3, -0.25) is 4.79 Å². The van der Waals surface area contributed by atoms with Crippen LogP contribution in [0.5, 0.6) is 0 Å². The van der Waals surface area contributed by atoms with Crippen LogP contribution in [-0.4, -0.2) is 18.2 Å². The first-order valence-electron chi connectivity index (χ1n) is 2.98. The number of aromatic nitrogens is 1. The molecular weight excluding hydrogens is 148 g/mol. The van der Waals surface area contributed by atoms with Gasteiger partial charge in [0.25, 0.3) is 5.91 Å². The monoisotopic (exact) mass is 156 g/mol. The highest BCUT2D eigenvalue weighted by Crippen LogP contribution is 2.03. The SMILES string of the molecule is COCc1cc(C(N)=O)no1. The normalized spacial score (nSPS) is 9.91. The van der Waals surface area contributed by atoms with Gasteiger partial charge in [0.2, 0.25) is 0 Å². The van der Waals surface area contributed by atoms with Gasteiger partial charge in [0.05, 0.1) is 0 Å². The lowest BCUT2D eigenvalue weighted by molar-refractivity contribution is 0.0991. The van der Waals surface area contributed by atoms with Gasteiger partial charge in [0, 0.05) is 13.2 Å². The van der Waals surface area contributed by atoms with E-state index in [2.05, 4.69) is 5.16 Å². The molecule has 1 heterocycles. The number of nitrogens with two attached hydrogens (primary N) is 1. The van der Waals surface area contributed by atoms with E-state index in [1.807, 2.05) is 0 Å². The molecule has 0 aliphatic heterocycles. The van der Waals surface area contributed by atoms with Gasteiger partial charge in [-0.25, -0.2) is 0 Å². The summed E-state index contributed by atoms with van der Waals surface area (Å²) in [5, 5.41) is 3.40. The molecule has 0 aromatic carbocycles. The average molecular weight is 156 g/mol. The summed E-state index contributed by atoms with van der Waals surface area (Å²) in [7, 11) is 1.52. The topological polar surface area (TPSA) is 78.4 Å². The third-order valence-corrected chi connectivity index (χ3v) is 1.10. The van der Waals surface area contributed by atoms with Crippen LogP contribution in [-0.2, 0) is 11.3 Å². The molecule has 0 unspecified atom stereocenters. The minimum absolute atomic E-state index is 0.122. The van der Waals surface area contributed by atoms with E-state index in [1.165, 1.54) is 13.2 Å². The summed E-state index contributed by atoms with van der Waals surface area (Å²) < 4.78 is 9.43. The Balaban J connectivity index is 2.73. The number of amides is 1. The number of hydrogen-bond acceptors (Lipinski definition) is 4. The molecule has 0 aliphatic rings. The van der Waals surface area contributed by atoms with Crippen molar-refractivity contribution in [2.75, 3.05) is 7.11 Å². The van der Waals surface area contributed by atoms with Gasteiger partial charge in [-0.05, 0) is 0 Å². The van der Waals surface area contributed by atoms with Crippen molar-refractivity contribution in [1.29, 1.82) is 0 Å².